The third kappa shape index (κ3) is 4.84. The van der Waals surface area contributed by atoms with Gasteiger partial charge in [0.2, 0.25) is 11.8 Å². The van der Waals surface area contributed by atoms with E-state index in [4.69, 9.17) is 9.26 Å². The number of aryl methyl sites for hydroxylation is 1. The zero-order valence-electron chi connectivity index (χ0n) is 13.3. The van der Waals surface area contributed by atoms with Crippen molar-refractivity contribution in [1.82, 2.24) is 10.5 Å². The summed E-state index contributed by atoms with van der Waals surface area (Å²) in [5.41, 5.74) is 0.812. The van der Waals surface area contributed by atoms with Gasteiger partial charge in [0, 0.05) is 13.0 Å². The summed E-state index contributed by atoms with van der Waals surface area (Å²) in [6.07, 6.45) is 0.0812. The number of hydrogen-bond donors (Lipinski definition) is 2. The highest BCUT2D eigenvalue weighted by atomic mass is 16.5. The van der Waals surface area contributed by atoms with Gasteiger partial charge in [-0.3, -0.25) is 9.59 Å². The predicted octanol–water partition coefficient (Wildman–Crippen LogP) is 2.20. The van der Waals surface area contributed by atoms with E-state index in [0.29, 0.717) is 17.3 Å². The Balaban J connectivity index is 2.07. The van der Waals surface area contributed by atoms with Crippen molar-refractivity contribution in [1.29, 1.82) is 0 Å². The summed E-state index contributed by atoms with van der Waals surface area (Å²) in [6.45, 7) is 3.15. The van der Waals surface area contributed by atoms with E-state index in [2.05, 4.69) is 15.8 Å². The number of aromatic nitrogens is 1. The number of anilines is 1. The van der Waals surface area contributed by atoms with Crippen molar-refractivity contribution in [2.45, 2.75) is 26.3 Å². The van der Waals surface area contributed by atoms with Crippen molar-refractivity contribution in [2.24, 2.45) is 0 Å². The number of carbonyl (C=O) groups excluding carboxylic acids is 2. The van der Waals surface area contributed by atoms with Crippen LogP contribution in [0, 0.1) is 6.92 Å². The van der Waals surface area contributed by atoms with E-state index in [1.807, 2.05) is 12.1 Å². The minimum atomic E-state index is -0.439. The molecule has 0 aliphatic carbocycles. The Kier molecular flexibility index (Phi) is 5.35. The number of ether oxygens (including phenoxy) is 1. The molecule has 1 atom stereocenters. The fraction of sp³-hybridized carbons (Fsp3) is 0.312. The number of hydrogen-bond acceptors (Lipinski definition) is 5. The van der Waals surface area contributed by atoms with E-state index in [9.17, 15) is 9.59 Å². The molecule has 2 amide bonds. The normalized spacial score (nSPS) is 11.6. The smallest absolute Gasteiger partial charge is 0.228 e. The van der Waals surface area contributed by atoms with E-state index in [1.54, 1.807) is 32.2 Å². The minimum Gasteiger partial charge on any atom is -0.497 e. The Morgan fingerprint density at radius 1 is 1.30 bits per heavy atom. The second-order valence-corrected chi connectivity index (χ2v) is 5.10. The first kappa shape index (κ1) is 16.5. The third-order valence-corrected chi connectivity index (χ3v) is 3.18. The maximum Gasteiger partial charge on any atom is 0.228 e. The molecule has 1 heterocycles. The van der Waals surface area contributed by atoms with E-state index < -0.39 is 6.04 Å². The van der Waals surface area contributed by atoms with Gasteiger partial charge >= 0.3 is 0 Å². The standard InChI is InChI=1S/C16H19N3O4/c1-10-8-15(19-23-10)18-16(21)9-14(17-11(2)20)12-4-6-13(22-3)7-5-12/h4-8,14H,9H2,1-3H3,(H,17,20)(H,18,19,21)/t14-/m1/s1. The summed E-state index contributed by atoms with van der Waals surface area (Å²) in [6, 6.07) is 8.37. The molecule has 7 nitrogen and oxygen atoms in total. The lowest BCUT2D eigenvalue weighted by atomic mass is 10.0. The van der Waals surface area contributed by atoms with Gasteiger partial charge in [-0.1, -0.05) is 17.3 Å². The van der Waals surface area contributed by atoms with Gasteiger partial charge in [-0.2, -0.15) is 0 Å². The Bertz CT molecular complexity index is 679. The molecule has 0 aliphatic heterocycles. The molecular formula is C16H19N3O4. The molecule has 0 aliphatic rings. The molecule has 0 spiro atoms. The topological polar surface area (TPSA) is 93.5 Å². The number of methoxy groups -OCH3 is 1. The number of nitrogens with zero attached hydrogens (tertiary/aromatic N) is 1. The number of amides is 2. The molecule has 7 heteroatoms. The molecule has 1 aromatic carbocycles. The first-order valence-corrected chi connectivity index (χ1v) is 7.12. The summed E-state index contributed by atoms with van der Waals surface area (Å²) >= 11 is 0. The van der Waals surface area contributed by atoms with Crippen molar-refractivity contribution in [3.05, 3.63) is 41.7 Å². The van der Waals surface area contributed by atoms with Crippen molar-refractivity contribution in [3.63, 3.8) is 0 Å². The molecule has 2 N–H and O–H groups in total. The van der Waals surface area contributed by atoms with Crippen LogP contribution in [0.15, 0.2) is 34.9 Å². The first-order valence-electron chi connectivity index (χ1n) is 7.12. The molecular weight excluding hydrogens is 298 g/mol. The number of carbonyl (C=O) groups is 2. The van der Waals surface area contributed by atoms with Gasteiger partial charge in [0.05, 0.1) is 19.6 Å². The zero-order valence-corrected chi connectivity index (χ0v) is 13.3. The molecule has 0 saturated carbocycles. The molecule has 0 fully saturated rings. The Morgan fingerprint density at radius 2 is 2.00 bits per heavy atom. The highest BCUT2D eigenvalue weighted by Gasteiger charge is 2.18. The van der Waals surface area contributed by atoms with Gasteiger partial charge in [0.25, 0.3) is 0 Å². The molecule has 122 valence electrons. The van der Waals surface area contributed by atoms with Crippen LogP contribution in [0.5, 0.6) is 5.75 Å². The Morgan fingerprint density at radius 3 is 2.52 bits per heavy atom. The van der Waals surface area contributed by atoms with E-state index in [1.165, 1.54) is 6.92 Å². The van der Waals surface area contributed by atoms with E-state index >= 15 is 0 Å². The van der Waals surface area contributed by atoms with Gasteiger partial charge in [0.15, 0.2) is 5.82 Å². The van der Waals surface area contributed by atoms with Crippen molar-refractivity contribution >= 4 is 17.6 Å². The summed E-state index contributed by atoms with van der Waals surface area (Å²) < 4.78 is 10.0. The average molecular weight is 317 g/mol. The highest BCUT2D eigenvalue weighted by Crippen LogP contribution is 2.21. The van der Waals surface area contributed by atoms with E-state index in [-0.39, 0.29) is 18.2 Å². The summed E-state index contributed by atoms with van der Waals surface area (Å²) in [7, 11) is 1.58. The van der Waals surface area contributed by atoms with Crippen LogP contribution in [0.1, 0.15) is 30.7 Å². The number of nitrogens with one attached hydrogen (secondary N) is 2. The van der Waals surface area contributed by atoms with Gasteiger partial charge in [0.1, 0.15) is 11.5 Å². The predicted molar refractivity (Wildman–Crippen MR) is 84.0 cm³/mol. The van der Waals surface area contributed by atoms with Crippen molar-refractivity contribution < 1.29 is 18.8 Å². The van der Waals surface area contributed by atoms with Gasteiger partial charge in [-0.05, 0) is 24.6 Å². The van der Waals surface area contributed by atoms with Crippen LogP contribution < -0.4 is 15.4 Å². The summed E-state index contributed by atoms with van der Waals surface area (Å²) in [5.74, 6) is 1.18. The van der Waals surface area contributed by atoms with Crippen LogP contribution in [0.3, 0.4) is 0 Å². The third-order valence-electron chi connectivity index (χ3n) is 3.18. The molecule has 0 radical (unpaired) electrons. The number of benzene rings is 1. The lowest BCUT2D eigenvalue weighted by molar-refractivity contribution is -0.120. The molecule has 2 aromatic rings. The minimum absolute atomic E-state index is 0.0812. The fourth-order valence-electron chi connectivity index (χ4n) is 2.14. The first-order chi connectivity index (χ1) is 11.0. The lowest BCUT2D eigenvalue weighted by Gasteiger charge is -2.18. The highest BCUT2D eigenvalue weighted by molar-refractivity contribution is 5.90. The van der Waals surface area contributed by atoms with Crippen LogP contribution in [-0.2, 0) is 9.59 Å². The quantitative estimate of drug-likeness (QED) is 0.852. The van der Waals surface area contributed by atoms with Gasteiger partial charge < -0.3 is 19.9 Å². The van der Waals surface area contributed by atoms with E-state index in [0.717, 1.165) is 5.56 Å². The van der Waals surface area contributed by atoms with Crippen LogP contribution >= 0.6 is 0 Å². The summed E-state index contributed by atoms with van der Waals surface area (Å²) in [4.78, 5) is 23.5. The average Bonchev–Trinajstić information content (AvgIpc) is 2.91. The second-order valence-electron chi connectivity index (χ2n) is 5.10. The second kappa shape index (κ2) is 7.44. The zero-order chi connectivity index (χ0) is 16.8. The van der Waals surface area contributed by atoms with Crippen LogP contribution in [-0.4, -0.2) is 24.1 Å². The largest absolute Gasteiger partial charge is 0.497 e. The van der Waals surface area contributed by atoms with Crippen LogP contribution in [0.25, 0.3) is 0 Å². The van der Waals surface area contributed by atoms with Gasteiger partial charge in [-0.15, -0.1) is 0 Å². The Hall–Kier alpha value is -2.83. The monoisotopic (exact) mass is 317 g/mol. The van der Waals surface area contributed by atoms with Crippen LogP contribution in [0.2, 0.25) is 0 Å². The molecule has 1 aromatic heterocycles. The lowest BCUT2D eigenvalue weighted by Crippen LogP contribution is -2.29. The maximum absolute atomic E-state index is 12.1. The Labute approximate surface area is 134 Å². The summed E-state index contributed by atoms with van der Waals surface area (Å²) in [5, 5.41) is 9.12. The maximum atomic E-state index is 12.1. The van der Waals surface area contributed by atoms with Crippen LogP contribution in [0.4, 0.5) is 5.82 Å². The molecule has 0 unspecified atom stereocenters. The van der Waals surface area contributed by atoms with Crippen molar-refractivity contribution in [2.75, 3.05) is 12.4 Å². The number of rotatable bonds is 6. The van der Waals surface area contributed by atoms with Gasteiger partial charge in [-0.25, -0.2) is 0 Å². The molecule has 0 saturated heterocycles. The molecule has 23 heavy (non-hydrogen) atoms. The van der Waals surface area contributed by atoms with Crippen molar-refractivity contribution in [3.8, 4) is 5.75 Å². The molecule has 2 rings (SSSR count). The SMILES string of the molecule is COc1ccc([C@@H](CC(=O)Nc2cc(C)on2)NC(C)=O)cc1. The molecule has 0 bridgehead atoms. The fourth-order valence-corrected chi connectivity index (χ4v) is 2.14.